The van der Waals surface area contributed by atoms with E-state index in [1.165, 1.54) is 0 Å². The van der Waals surface area contributed by atoms with Crippen molar-refractivity contribution in [1.29, 1.82) is 0 Å². The Kier molecular flexibility index (Phi) is 8.93. The molecule has 0 radical (unpaired) electrons. The smallest absolute Gasteiger partial charge is 0.408 e. The third-order valence-corrected chi connectivity index (χ3v) is 8.24. The van der Waals surface area contributed by atoms with Crippen LogP contribution in [0, 0.1) is 6.92 Å². The standard InChI is InChI=1S/C35H42ClN5O3/c1-23-21-37-31-29(23)30(28(22-38-31)24-10-8-7-9-11-24)40-16-18-41(19-17-40)32(42)27(25-12-14-26(36)15-13-25)20-35(5,6)39-33(43)44-34(2,3)4/h7-15,21-22,27H,16-20H2,1-6H3,(H,37,38)(H,39,43). The molecule has 0 saturated carbocycles. The second-order valence-corrected chi connectivity index (χ2v) is 13.6. The first-order valence-electron chi connectivity index (χ1n) is 15.1. The molecule has 2 aromatic heterocycles. The van der Waals surface area contributed by atoms with Gasteiger partial charge in [-0.05, 0) is 76.8 Å². The SMILES string of the molecule is Cc1c[nH]c2ncc(-c3ccccc3)c(N3CCN(C(=O)C(CC(C)(C)NC(=O)OC(C)(C)C)c4ccc(Cl)cc4)CC3)c12. The van der Waals surface area contributed by atoms with Crippen LogP contribution in [0.1, 0.15) is 58.1 Å². The van der Waals surface area contributed by atoms with E-state index in [1.54, 1.807) is 0 Å². The molecule has 3 heterocycles. The lowest BCUT2D eigenvalue weighted by Crippen LogP contribution is -2.52. The van der Waals surface area contributed by atoms with Crippen LogP contribution in [0.4, 0.5) is 10.5 Å². The van der Waals surface area contributed by atoms with Crippen molar-refractivity contribution < 1.29 is 14.3 Å². The topological polar surface area (TPSA) is 90.6 Å². The normalized spacial score (nSPS) is 14.9. The molecule has 8 nitrogen and oxygen atoms in total. The maximum atomic E-state index is 14.2. The van der Waals surface area contributed by atoms with Gasteiger partial charge in [-0.2, -0.15) is 0 Å². The van der Waals surface area contributed by atoms with E-state index in [-0.39, 0.29) is 5.91 Å². The molecule has 2 N–H and O–H groups in total. The summed E-state index contributed by atoms with van der Waals surface area (Å²) in [4.78, 5) is 39.2. The number of fused-ring (bicyclic) bond motifs is 1. The third kappa shape index (κ3) is 7.18. The van der Waals surface area contributed by atoms with Crippen LogP contribution in [0.5, 0.6) is 0 Å². The minimum absolute atomic E-state index is 0.0343. The molecule has 2 aromatic carbocycles. The maximum absolute atomic E-state index is 14.2. The molecule has 1 fully saturated rings. The minimum Gasteiger partial charge on any atom is -0.444 e. The highest BCUT2D eigenvalue weighted by Gasteiger charge is 2.35. The van der Waals surface area contributed by atoms with E-state index in [0.29, 0.717) is 37.6 Å². The van der Waals surface area contributed by atoms with Gasteiger partial charge in [0, 0.05) is 60.1 Å². The van der Waals surface area contributed by atoms with E-state index in [1.807, 2.05) is 94.4 Å². The number of rotatable bonds is 7. The number of nitrogens with one attached hydrogen (secondary N) is 2. The Morgan fingerprint density at radius 3 is 2.30 bits per heavy atom. The third-order valence-electron chi connectivity index (χ3n) is 7.99. The number of alkyl carbamates (subject to hydrolysis) is 1. The summed E-state index contributed by atoms with van der Waals surface area (Å²) in [7, 11) is 0. The predicted molar refractivity (Wildman–Crippen MR) is 177 cm³/mol. The second kappa shape index (κ2) is 12.5. The Bertz CT molecular complexity index is 1620. The number of nitrogens with zero attached hydrogens (tertiary/aromatic N) is 3. The first kappa shape index (κ1) is 31.4. The molecule has 0 aliphatic carbocycles. The Hall–Kier alpha value is -4.04. The van der Waals surface area contributed by atoms with Crippen molar-refractivity contribution in [3.8, 4) is 11.1 Å². The zero-order valence-corrected chi connectivity index (χ0v) is 27.2. The molecule has 9 heteroatoms. The summed E-state index contributed by atoms with van der Waals surface area (Å²) in [5, 5.41) is 4.70. The highest BCUT2D eigenvalue weighted by atomic mass is 35.5. The summed E-state index contributed by atoms with van der Waals surface area (Å²) in [5.74, 6) is -0.435. The molecule has 44 heavy (non-hydrogen) atoms. The first-order valence-corrected chi connectivity index (χ1v) is 15.5. The molecule has 0 bridgehead atoms. The molecule has 4 aromatic rings. The van der Waals surface area contributed by atoms with Gasteiger partial charge < -0.3 is 24.8 Å². The van der Waals surface area contributed by atoms with Gasteiger partial charge in [-0.15, -0.1) is 0 Å². The number of carbonyl (C=O) groups excluding carboxylic acids is 2. The monoisotopic (exact) mass is 615 g/mol. The average molecular weight is 616 g/mol. The van der Waals surface area contributed by atoms with Gasteiger partial charge >= 0.3 is 6.09 Å². The molecule has 1 aliphatic heterocycles. The number of anilines is 1. The molecule has 1 atom stereocenters. The lowest BCUT2D eigenvalue weighted by atomic mass is 9.84. The highest BCUT2D eigenvalue weighted by Crippen LogP contribution is 2.39. The van der Waals surface area contributed by atoms with E-state index in [4.69, 9.17) is 21.3 Å². The van der Waals surface area contributed by atoms with Crippen LogP contribution in [-0.2, 0) is 9.53 Å². The molecule has 232 valence electrons. The minimum atomic E-state index is -0.705. The summed E-state index contributed by atoms with van der Waals surface area (Å²) in [6.45, 7) is 13.9. The Morgan fingerprint density at radius 1 is 1.00 bits per heavy atom. The van der Waals surface area contributed by atoms with Crippen molar-refractivity contribution in [2.45, 2.75) is 65.0 Å². The first-order chi connectivity index (χ1) is 20.8. The van der Waals surface area contributed by atoms with E-state index in [2.05, 4.69) is 34.3 Å². The fraction of sp³-hybridized carbons (Fsp3) is 0.400. The van der Waals surface area contributed by atoms with Crippen molar-refractivity contribution in [2.24, 2.45) is 0 Å². The van der Waals surface area contributed by atoms with E-state index >= 15 is 0 Å². The molecular weight excluding hydrogens is 574 g/mol. The molecule has 1 aliphatic rings. The summed E-state index contributed by atoms with van der Waals surface area (Å²) in [6.07, 6.45) is 3.84. The Morgan fingerprint density at radius 2 is 1.66 bits per heavy atom. The fourth-order valence-corrected chi connectivity index (χ4v) is 6.07. The number of halogens is 1. The number of hydrogen-bond donors (Lipinski definition) is 2. The second-order valence-electron chi connectivity index (χ2n) is 13.2. The number of carbonyl (C=O) groups is 2. The number of ether oxygens (including phenoxy) is 1. The number of pyridine rings is 1. The van der Waals surface area contributed by atoms with Crippen LogP contribution < -0.4 is 10.2 Å². The Labute approximate surface area is 264 Å². The van der Waals surface area contributed by atoms with Gasteiger partial charge in [0.25, 0.3) is 0 Å². The van der Waals surface area contributed by atoms with Crippen LogP contribution in [0.2, 0.25) is 5.02 Å². The zero-order chi connectivity index (χ0) is 31.6. The lowest BCUT2D eigenvalue weighted by Gasteiger charge is -2.40. The van der Waals surface area contributed by atoms with E-state index in [0.717, 1.165) is 39.0 Å². The summed E-state index contributed by atoms with van der Waals surface area (Å²) < 4.78 is 5.51. The largest absolute Gasteiger partial charge is 0.444 e. The maximum Gasteiger partial charge on any atom is 0.408 e. The number of benzene rings is 2. The summed E-state index contributed by atoms with van der Waals surface area (Å²) in [5.41, 5.74) is 4.87. The quantitative estimate of drug-likeness (QED) is 0.227. The molecule has 0 spiro atoms. The van der Waals surface area contributed by atoms with Gasteiger partial charge in [0.2, 0.25) is 5.91 Å². The van der Waals surface area contributed by atoms with Crippen molar-refractivity contribution in [2.75, 3.05) is 31.1 Å². The Balaban J connectivity index is 1.38. The summed E-state index contributed by atoms with van der Waals surface area (Å²) >= 11 is 6.20. The van der Waals surface area contributed by atoms with Crippen LogP contribution in [0.15, 0.2) is 67.0 Å². The number of hydrogen-bond acceptors (Lipinski definition) is 5. The average Bonchev–Trinajstić information content (AvgIpc) is 3.35. The van der Waals surface area contributed by atoms with Crippen LogP contribution in [0.3, 0.4) is 0 Å². The molecular formula is C35H42ClN5O3. The van der Waals surface area contributed by atoms with Crippen LogP contribution in [0.25, 0.3) is 22.2 Å². The van der Waals surface area contributed by atoms with Gasteiger partial charge in [-0.1, -0.05) is 54.1 Å². The number of aryl methyl sites for hydroxylation is 1. The summed E-state index contributed by atoms with van der Waals surface area (Å²) in [6, 6.07) is 17.7. The number of aromatic nitrogens is 2. The molecule has 2 amide bonds. The van der Waals surface area contributed by atoms with Crippen molar-refractivity contribution >= 4 is 40.3 Å². The van der Waals surface area contributed by atoms with Gasteiger partial charge in [-0.3, -0.25) is 4.79 Å². The highest BCUT2D eigenvalue weighted by molar-refractivity contribution is 6.30. The number of H-pyrrole nitrogens is 1. The predicted octanol–water partition coefficient (Wildman–Crippen LogP) is 7.32. The molecule has 1 unspecified atom stereocenters. The molecule has 5 rings (SSSR count). The van der Waals surface area contributed by atoms with Crippen LogP contribution in [-0.4, -0.2) is 64.2 Å². The number of aromatic amines is 1. The van der Waals surface area contributed by atoms with Gasteiger partial charge in [-0.25, -0.2) is 9.78 Å². The van der Waals surface area contributed by atoms with E-state index in [9.17, 15) is 9.59 Å². The number of piperazine rings is 1. The van der Waals surface area contributed by atoms with Crippen molar-refractivity contribution in [3.05, 3.63) is 83.1 Å². The fourth-order valence-electron chi connectivity index (χ4n) is 5.95. The van der Waals surface area contributed by atoms with E-state index < -0.39 is 23.2 Å². The zero-order valence-electron chi connectivity index (χ0n) is 26.4. The molecule has 1 saturated heterocycles. The number of amides is 2. The van der Waals surface area contributed by atoms with Crippen molar-refractivity contribution in [1.82, 2.24) is 20.2 Å². The van der Waals surface area contributed by atoms with Crippen LogP contribution >= 0.6 is 11.6 Å². The van der Waals surface area contributed by atoms with Gasteiger partial charge in [0.15, 0.2) is 0 Å². The van der Waals surface area contributed by atoms with Crippen molar-refractivity contribution in [3.63, 3.8) is 0 Å². The lowest BCUT2D eigenvalue weighted by molar-refractivity contribution is -0.133. The van der Waals surface area contributed by atoms with Gasteiger partial charge in [0.1, 0.15) is 11.2 Å². The van der Waals surface area contributed by atoms with Gasteiger partial charge in [0.05, 0.1) is 11.6 Å².